The van der Waals surface area contributed by atoms with Gasteiger partial charge in [-0.15, -0.1) is 0 Å². The summed E-state index contributed by atoms with van der Waals surface area (Å²) in [6, 6.07) is 2.98. The average molecular weight is 273 g/mol. The highest BCUT2D eigenvalue weighted by Gasteiger charge is 2.20. The first-order valence-corrected chi connectivity index (χ1v) is 6.22. The molecule has 0 atom stereocenters. The molecule has 1 aromatic rings. The Morgan fingerprint density at radius 2 is 1.61 bits per heavy atom. The molecule has 0 bridgehead atoms. The molecule has 0 aliphatic rings. The van der Waals surface area contributed by atoms with E-state index in [-0.39, 0.29) is 17.7 Å². The highest BCUT2D eigenvalue weighted by molar-refractivity contribution is 6.59. The van der Waals surface area contributed by atoms with Gasteiger partial charge in [-0.25, -0.2) is 0 Å². The first kappa shape index (κ1) is 15.2. The molecule has 0 aliphatic heterocycles. The molecule has 0 radical (unpaired) electrons. The van der Waals surface area contributed by atoms with Gasteiger partial charge >= 0.3 is 7.12 Å². The van der Waals surface area contributed by atoms with E-state index < -0.39 is 7.12 Å². The predicted molar refractivity (Wildman–Crippen MR) is 72.8 cm³/mol. The van der Waals surface area contributed by atoms with Crippen molar-refractivity contribution >= 4 is 24.2 Å². The Labute approximate surface area is 113 Å². The molecule has 0 amide bonds. The van der Waals surface area contributed by atoms with E-state index in [1.807, 2.05) is 27.7 Å². The first-order chi connectivity index (χ1) is 8.31. The molecule has 2 N–H and O–H groups in total. The zero-order valence-corrected chi connectivity index (χ0v) is 11.7. The summed E-state index contributed by atoms with van der Waals surface area (Å²) in [6.45, 7) is 7.50. The molecule has 4 nitrogen and oxygen atoms in total. The smallest absolute Gasteiger partial charge is 0.487 e. The van der Waals surface area contributed by atoms with E-state index in [2.05, 4.69) is 0 Å². The maximum absolute atomic E-state index is 9.18. The van der Waals surface area contributed by atoms with Gasteiger partial charge in [0.05, 0.1) is 17.2 Å². The van der Waals surface area contributed by atoms with Crippen LogP contribution in [0.25, 0.3) is 0 Å². The molecule has 0 saturated carbocycles. The van der Waals surface area contributed by atoms with E-state index in [1.165, 1.54) is 12.1 Å². The summed E-state index contributed by atoms with van der Waals surface area (Å²) in [7, 11) is -1.59. The Morgan fingerprint density at radius 1 is 1.06 bits per heavy atom. The third-order valence-corrected chi connectivity index (χ3v) is 2.33. The lowest BCUT2D eigenvalue weighted by Crippen LogP contribution is -2.30. The normalized spacial score (nSPS) is 10.9. The van der Waals surface area contributed by atoms with E-state index in [9.17, 15) is 10.0 Å². The molecular weight excluding hydrogens is 254 g/mol. The van der Waals surface area contributed by atoms with Crippen LogP contribution in [-0.4, -0.2) is 29.4 Å². The molecule has 0 aromatic heterocycles. The number of hydrogen-bond donors (Lipinski definition) is 2. The Morgan fingerprint density at radius 3 is 2.06 bits per heavy atom. The van der Waals surface area contributed by atoms with Crippen molar-refractivity contribution in [1.29, 1.82) is 0 Å². The molecule has 100 valence electrons. The zero-order chi connectivity index (χ0) is 13.9. The average Bonchev–Trinajstić information content (AvgIpc) is 2.21. The van der Waals surface area contributed by atoms with Crippen molar-refractivity contribution in [2.24, 2.45) is 0 Å². The molecule has 0 heterocycles. The first-order valence-electron chi connectivity index (χ1n) is 5.84. The third-order valence-electron chi connectivity index (χ3n) is 2.05. The van der Waals surface area contributed by atoms with Crippen LogP contribution in [0.3, 0.4) is 0 Å². The van der Waals surface area contributed by atoms with Crippen LogP contribution in [0.1, 0.15) is 27.7 Å². The standard InChI is InChI=1S/C12H18BClO4/c1-7(2)17-11-6-9(13(15)16)5-10(14)12(11)18-8(3)4/h5-8,15-16H,1-4H3. The van der Waals surface area contributed by atoms with Crippen molar-refractivity contribution in [3.63, 3.8) is 0 Å². The molecule has 0 saturated heterocycles. The fourth-order valence-corrected chi connectivity index (χ4v) is 1.69. The lowest BCUT2D eigenvalue weighted by Gasteiger charge is -2.19. The van der Waals surface area contributed by atoms with Gasteiger partial charge in [0, 0.05) is 0 Å². The van der Waals surface area contributed by atoms with Crippen molar-refractivity contribution in [3.8, 4) is 11.5 Å². The van der Waals surface area contributed by atoms with Crippen LogP contribution in [0.5, 0.6) is 11.5 Å². The second kappa shape index (κ2) is 6.32. The molecule has 0 unspecified atom stereocenters. The number of halogens is 1. The lowest BCUT2D eigenvalue weighted by molar-refractivity contribution is 0.199. The fourth-order valence-electron chi connectivity index (χ4n) is 1.43. The summed E-state index contributed by atoms with van der Waals surface area (Å²) < 4.78 is 11.2. The van der Waals surface area contributed by atoms with Crippen LogP contribution < -0.4 is 14.9 Å². The topological polar surface area (TPSA) is 58.9 Å². The molecule has 0 fully saturated rings. The molecule has 1 aromatic carbocycles. The van der Waals surface area contributed by atoms with Crippen LogP contribution in [0, 0.1) is 0 Å². The summed E-state index contributed by atoms with van der Waals surface area (Å²) in [5.41, 5.74) is 0.270. The van der Waals surface area contributed by atoms with E-state index in [4.69, 9.17) is 21.1 Å². The maximum atomic E-state index is 9.18. The van der Waals surface area contributed by atoms with Gasteiger partial charge in [-0.3, -0.25) is 0 Å². The molecule has 18 heavy (non-hydrogen) atoms. The van der Waals surface area contributed by atoms with Crippen molar-refractivity contribution in [3.05, 3.63) is 17.2 Å². The Kier molecular flexibility index (Phi) is 5.32. The van der Waals surface area contributed by atoms with Crippen molar-refractivity contribution in [2.75, 3.05) is 0 Å². The molecular formula is C12H18BClO4. The summed E-state index contributed by atoms with van der Waals surface area (Å²) in [5, 5.41) is 18.7. The second-order valence-electron chi connectivity index (χ2n) is 4.54. The molecule has 6 heteroatoms. The number of hydrogen-bond acceptors (Lipinski definition) is 4. The monoisotopic (exact) mass is 272 g/mol. The van der Waals surface area contributed by atoms with E-state index in [1.54, 1.807) is 0 Å². The van der Waals surface area contributed by atoms with Crippen LogP contribution in [0.4, 0.5) is 0 Å². The minimum Gasteiger partial charge on any atom is -0.487 e. The van der Waals surface area contributed by atoms with E-state index in [0.717, 1.165) is 0 Å². The van der Waals surface area contributed by atoms with Crippen molar-refractivity contribution < 1.29 is 19.5 Å². The van der Waals surface area contributed by atoms with Crippen molar-refractivity contribution in [1.82, 2.24) is 0 Å². The largest absolute Gasteiger partial charge is 0.488 e. The summed E-state index contributed by atoms with van der Waals surface area (Å²) in [5.74, 6) is 0.832. The zero-order valence-electron chi connectivity index (χ0n) is 11.0. The lowest BCUT2D eigenvalue weighted by atomic mass is 9.80. The Bertz CT molecular complexity index is 407. The molecule has 1 rings (SSSR count). The van der Waals surface area contributed by atoms with Gasteiger partial charge < -0.3 is 19.5 Å². The highest BCUT2D eigenvalue weighted by atomic mass is 35.5. The summed E-state index contributed by atoms with van der Waals surface area (Å²) in [4.78, 5) is 0. The van der Waals surface area contributed by atoms with Gasteiger partial charge in [0.25, 0.3) is 0 Å². The second-order valence-corrected chi connectivity index (χ2v) is 4.94. The van der Waals surface area contributed by atoms with Crippen LogP contribution >= 0.6 is 11.6 Å². The summed E-state index contributed by atoms with van der Waals surface area (Å²) in [6.07, 6.45) is -0.122. The third kappa shape index (κ3) is 4.08. The minimum atomic E-state index is -1.59. The van der Waals surface area contributed by atoms with E-state index >= 15 is 0 Å². The van der Waals surface area contributed by atoms with Crippen LogP contribution in [0.2, 0.25) is 5.02 Å². The molecule has 0 aliphatic carbocycles. The Hall–Kier alpha value is -0.905. The highest BCUT2D eigenvalue weighted by Crippen LogP contribution is 2.35. The van der Waals surface area contributed by atoms with Crippen LogP contribution in [-0.2, 0) is 0 Å². The molecule has 0 spiro atoms. The minimum absolute atomic E-state index is 0.0538. The quantitative estimate of drug-likeness (QED) is 0.799. The number of rotatable bonds is 5. The number of ether oxygens (including phenoxy) is 2. The van der Waals surface area contributed by atoms with Crippen molar-refractivity contribution in [2.45, 2.75) is 39.9 Å². The predicted octanol–water partition coefficient (Wildman–Crippen LogP) is 1.59. The van der Waals surface area contributed by atoms with Gasteiger partial charge in [0.15, 0.2) is 11.5 Å². The fraction of sp³-hybridized carbons (Fsp3) is 0.500. The SMILES string of the molecule is CC(C)Oc1cc(B(O)O)cc(Cl)c1OC(C)C. The van der Waals surface area contributed by atoms with E-state index in [0.29, 0.717) is 16.5 Å². The Balaban J connectivity index is 3.21. The summed E-state index contributed by atoms with van der Waals surface area (Å²) >= 11 is 6.08. The van der Waals surface area contributed by atoms with Gasteiger partial charge in [0.2, 0.25) is 0 Å². The maximum Gasteiger partial charge on any atom is 0.488 e. The number of benzene rings is 1. The van der Waals surface area contributed by atoms with Crippen LogP contribution in [0.15, 0.2) is 12.1 Å². The van der Waals surface area contributed by atoms with Gasteiger partial charge in [-0.05, 0) is 45.3 Å². The van der Waals surface area contributed by atoms with Gasteiger partial charge in [0.1, 0.15) is 0 Å². The van der Waals surface area contributed by atoms with Gasteiger partial charge in [-0.2, -0.15) is 0 Å². The van der Waals surface area contributed by atoms with Gasteiger partial charge in [-0.1, -0.05) is 11.6 Å².